The Labute approximate surface area is 178 Å². The molecule has 0 bridgehead atoms. The fraction of sp³-hybridized carbons (Fsp3) is 0.200. The summed E-state index contributed by atoms with van der Waals surface area (Å²) < 4.78 is 34.6. The molecule has 0 saturated carbocycles. The molecule has 3 N–H and O–H groups in total. The molecule has 30 heavy (non-hydrogen) atoms. The van der Waals surface area contributed by atoms with Gasteiger partial charge in [0, 0.05) is 30.2 Å². The summed E-state index contributed by atoms with van der Waals surface area (Å²) in [5.41, 5.74) is 5.97. The minimum Gasteiger partial charge on any atom is -0.457 e. The van der Waals surface area contributed by atoms with Gasteiger partial charge in [0.15, 0.2) is 0 Å². The number of benzene rings is 2. The van der Waals surface area contributed by atoms with Gasteiger partial charge in [-0.25, -0.2) is 18.1 Å². The monoisotopic (exact) mass is 446 g/mol. The van der Waals surface area contributed by atoms with Crippen LogP contribution in [0.5, 0.6) is 11.5 Å². The number of carbonyl (C=O) groups excluding carboxylic acids is 1. The first-order valence-corrected chi connectivity index (χ1v) is 11.1. The molecule has 1 aliphatic rings. The second kappa shape index (κ2) is 8.10. The molecule has 2 heterocycles. The molecule has 10 heteroatoms. The number of aryl methyl sites for hydroxylation is 1. The van der Waals surface area contributed by atoms with Crippen LogP contribution in [0, 0.1) is 0 Å². The van der Waals surface area contributed by atoms with E-state index >= 15 is 0 Å². The Hall–Kier alpha value is -2.88. The van der Waals surface area contributed by atoms with Crippen LogP contribution in [0.2, 0.25) is 5.02 Å². The van der Waals surface area contributed by atoms with Gasteiger partial charge in [-0.15, -0.1) is 0 Å². The Kier molecular flexibility index (Phi) is 5.50. The Morgan fingerprint density at radius 3 is 2.43 bits per heavy atom. The quantitative estimate of drug-likeness (QED) is 0.622. The molecular formula is C20H19ClN4O4S. The van der Waals surface area contributed by atoms with Crippen molar-refractivity contribution in [2.24, 2.45) is 5.73 Å². The Morgan fingerprint density at radius 1 is 1.13 bits per heavy atom. The van der Waals surface area contributed by atoms with Crippen LogP contribution in [0.25, 0.3) is 0 Å². The number of amides is 1. The molecule has 3 aromatic rings. The third kappa shape index (κ3) is 4.48. The van der Waals surface area contributed by atoms with Gasteiger partial charge in [-0.2, -0.15) is 0 Å². The van der Waals surface area contributed by atoms with E-state index in [1.54, 1.807) is 28.8 Å². The van der Waals surface area contributed by atoms with Crippen LogP contribution in [-0.2, 0) is 23.0 Å². The molecule has 156 valence electrons. The van der Waals surface area contributed by atoms with Crippen molar-refractivity contribution in [3.63, 3.8) is 0 Å². The van der Waals surface area contributed by atoms with Crippen LogP contribution < -0.4 is 15.2 Å². The number of nitrogens with zero attached hydrogens (tertiary/aromatic N) is 2. The lowest BCUT2D eigenvalue weighted by Crippen LogP contribution is -2.31. The first-order chi connectivity index (χ1) is 14.3. The topological polar surface area (TPSA) is 116 Å². The van der Waals surface area contributed by atoms with Crippen LogP contribution in [0.1, 0.15) is 22.7 Å². The summed E-state index contributed by atoms with van der Waals surface area (Å²) in [4.78, 5) is 16.6. The summed E-state index contributed by atoms with van der Waals surface area (Å²) in [6, 6.07) is 12.5. The summed E-state index contributed by atoms with van der Waals surface area (Å²) >= 11 is 5.84. The van der Waals surface area contributed by atoms with E-state index in [2.05, 4.69) is 9.71 Å². The summed E-state index contributed by atoms with van der Waals surface area (Å²) in [6.45, 7) is 0.553. The number of nitrogens with one attached hydrogen (secondary N) is 1. The fourth-order valence-electron chi connectivity index (χ4n) is 3.14. The van der Waals surface area contributed by atoms with Crippen molar-refractivity contribution in [2.75, 3.05) is 0 Å². The highest BCUT2D eigenvalue weighted by Crippen LogP contribution is 2.24. The molecule has 4 rings (SSSR count). The number of ether oxygens (including phenoxy) is 1. The first kappa shape index (κ1) is 20.4. The Bertz CT molecular complexity index is 1170. The van der Waals surface area contributed by atoms with Crippen molar-refractivity contribution in [3.8, 4) is 11.5 Å². The predicted molar refractivity (Wildman–Crippen MR) is 111 cm³/mol. The van der Waals surface area contributed by atoms with E-state index in [9.17, 15) is 13.2 Å². The third-order valence-electron chi connectivity index (χ3n) is 4.67. The van der Waals surface area contributed by atoms with Crippen LogP contribution >= 0.6 is 11.6 Å². The first-order valence-electron chi connectivity index (χ1n) is 9.22. The van der Waals surface area contributed by atoms with E-state index < -0.39 is 15.9 Å². The normalized spacial score (nSPS) is 16.0. The number of carbonyl (C=O) groups is 1. The standard InChI is InChI=1S/C20H19ClN4O4S/c21-13-1-4-15(5-2-13)29-16-6-8-17(9-7-16)30(27,28)24-20(26)18-12-25-11-14(22)3-10-19(25)23-18/h1-2,4-9,12,14H,3,10-11,22H2,(H,24,26). The van der Waals surface area contributed by atoms with Crippen LogP contribution in [0.4, 0.5) is 0 Å². The van der Waals surface area contributed by atoms with Gasteiger partial charge in [0.25, 0.3) is 15.9 Å². The number of hydrogen-bond acceptors (Lipinski definition) is 6. The summed E-state index contributed by atoms with van der Waals surface area (Å²) in [5.74, 6) is 0.947. The molecule has 1 aromatic heterocycles. The number of hydrogen-bond donors (Lipinski definition) is 2. The number of aromatic nitrogens is 2. The molecule has 1 amide bonds. The number of rotatable bonds is 5. The largest absolute Gasteiger partial charge is 0.457 e. The summed E-state index contributed by atoms with van der Waals surface area (Å²) in [7, 11) is -4.06. The van der Waals surface area contributed by atoms with E-state index in [1.807, 2.05) is 0 Å². The Morgan fingerprint density at radius 2 is 1.77 bits per heavy atom. The molecule has 0 spiro atoms. The Balaban J connectivity index is 1.45. The van der Waals surface area contributed by atoms with Gasteiger partial charge < -0.3 is 15.0 Å². The predicted octanol–water partition coefficient (Wildman–Crippen LogP) is 2.72. The minimum absolute atomic E-state index is 0.0000465. The van der Waals surface area contributed by atoms with Gasteiger partial charge in [-0.1, -0.05) is 11.6 Å². The van der Waals surface area contributed by atoms with Gasteiger partial charge in [-0.05, 0) is 55.0 Å². The second-order valence-corrected chi connectivity index (χ2v) is 9.07. The summed E-state index contributed by atoms with van der Waals surface area (Å²) in [5, 5.41) is 0.584. The zero-order valence-electron chi connectivity index (χ0n) is 15.8. The smallest absolute Gasteiger partial charge is 0.285 e. The number of sulfonamides is 1. The molecule has 0 aliphatic carbocycles. The lowest BCUT2D eigenvalue weighted by molar-refractivity contribution is 0.0977. The minimum atomic E-state index is -4.06. The molecular weight excluding hydrogens is 428 g/mol. The van der Waals surface area contributed by atoms with Crippen LogP contribution in [0.3, 0.4) is 0 Å². The zero-order chi connectivity index (χ0) is 21.3. The van der Waals surface area contributed by atoms with Crippen LogP contribution in [-0.4, -0.2) is 29.9 Å². The molecule has 1 atom stereocenters. The van der Waals surface area contributed by atoms with Crippen molar-refractivity contribution in [3.05, 3.63) is 71.3 Å². The van der Waals surface area contributed by atoms with E-state index in [0.29, 0.717) is 29.5 Å². The van der Waals surface area contributed by atoms with Crippen molar-refractivity contribution in [2.45, 2.75) is 30.3 Å². The van der Waals surface area contributed by atoms with Crippen molar-refractivity contribution in [1.82, 2.24) is 14.3 Å². The number of nitrogens with two attached hydrogens (primary N) is 1. The highest BCUT2D eigenvalue weighted by Gasteiger charge is 2.24. The molecule has 1 aliphatic heterocycles. The van der Waals surface area contributed by atoms with Crippen molar-refractivity contribution >= 4 is 27.5 Å². The SMILES string of the molecule is NC1CCc2nc(C(=O)NS(=O)(=O)c3ccc(Oc4ccc(Cl)cc4)cc3)cn2C1. The number of halogens is 1. The zero-order valence-corrected chi connectivity index (χ0v) is 17.4. The molecule has 0 radical (unpaired) electrons. The third-order valence-corrected chi connectivity index (χ3v) is 6.27. The second-order valence-electron chi connectivity index (χ2n) is 6.96. The van der Waals surface area contributed by atoms with E-state index in [4.69, 9.17) is 22.1 Å². The van der Waals surface area contributed by atoms with Gasteiger partial charge >= 0.3 is 0 Å². The van der Waals surface area contributed by atoms with Crippen molar-refractivity contribution < 1.29 is 17.9 Å². The summed E-state index contributed by atoms with van der Waals surface area (Å²) in [6.07, 6.45) is 2.96. The lowest BCUT2D eigenvalue weighted by Gasteiger charge is -2.19. The van der Waals surface area contributed by atoms with E-state index in [1.165, 1.54) is 30.5 Å². The molecule has 2 aromatic carbocycles. The van der Waals surface area contributed by atoms with E-state index in [0.717, 1.165) is 12.2 Å². The average molecular weight is 447 g/mol. The van der Waals surface area contributed by atoms with Gasteiger partial charge in [0.05, 0.1) is 4.90 Å². The fourth-order valence-corrected chi connectivity index (χ4v) is 4.23. The van der Waals surface area contributed by atoms with Gasteiger partial charge in [0.1, 0.15) is 23.0 Å². The maximum Gasteiger partial charge on any atom is 0.285 e. The van der Waals surface area contributed by atoms with Gasteiger partial charge in [-0.3, -0.25) is 4.79 Å². The molecule has 1 unspecified atom stereocenters. The average Bonchev–Trinajstić information content (AvgIpc) is 3.13. The molecule has 0 fully saturated rings. The van der Waals surface area contributed by atoms with Crippen molar-refractivity contribution in [1.29, 1.82) is 0 Å². The van der Waals surface area contributed by atoms with Crippen LogP contribution in [0.15, 0.2) is 59.6 Å². The number of imidazole rings is 1. The lowest BCUT2D eigenvalue weighted by atomic mass is 10.1. The maximum absolute atomic E-state index is 12.6. The molecule has 8 nitrogen and oxygen atoms in total. The highest BCUT2D eigenvalue weighted by atomic mass is 35.5. The number of fused-ring (bicyclic) bond motifs is 1. The highest BCUT2D eigenvalue weighted by molar-refractivity contribution is 7.90. The van der Waals surface area contributed by atoms with Gasteiger partial charge in [0.2, 0.25) is 0 Å². The molecule has 0 saturated heterocycles. The van der Waals surface area contributed by atoms with E-state index in [-0.39, 0.29) is 16.6 Å². The maximum atomic E-state index is 12.6.